The number of nitrogens with zero attached hydrogens (tertiary/aromatic N) is 2. The van der Waals surface area contributed by atoms with Crippen molar-refractivity contribution < 1.29 is 4.52 Å². The molecule has 0 spiro atoms. The van der Waals surface area contributed by atoms with E-state index in [9.17, 15) is 0 Å². The van der Waals surface area contributed by atoms with E-state index in [4.69, 9.17) is 10.3 Å². The fourth-order valence-corrected chi connectivity index (χ4v) is 2.76. The van der Waals surface area contributed by atoms with Crippen LogP contribution in [0.15, 0.2) is 33.3 Å². The van der Waals surface area contributed by atoms with E-state index < -0.39 is 0 Å². The summed E-state index contributed by atoms with van der Waals surface area (Å²) < 4.78 is 6.38. The summed E-state index contributed by atoms with van der Waals surface area (Å²) in [5.41, 5.74) is 6.71. The van der Waals surface area contributed by atoms with Crippen molar-refractivity contribution in [1.29, 1.82) is 0 Å². The lowest BCUT2D eigenvalue weighted by Crippen LogP contribution is -2.41. The van der Waals surface area contributed by atoms with Crippen LogP contribution in [0.25, 0.3) is 11.4 Å². The second-order valence-corrected chi connectivity index (χ2v) is 5.60. The zero-order valence-electron chi connectivity index (χ0n) is 9.90. The van der Waals surface area contributed by atoms with Gasteiger partial charge in [0.2, 0.25) is 11.7 Å². The fourth-order valence-electron chi connectivity index (χ4n) is 2.30. The van der Waals surface area contributed by atoms with Crippen LogP contribution in [-0.4, -0.2) is 16.7 Å². The number of halogens is 1. The molecule has 1 aromatic heterocycles. The molecule has 1 heterocycles. The predicted octanol–water partition coefficient (Wildman–Crippen LogP) is 2.88. The molecular weight excluding hydrogens is 294 g/mol. The molecular formula is C13H14BrN3O. The number of nitrogens with two attached hydrogens (primary N) is 1. The van der Waals surface area contributed by atoms with E-state index in [2.05, 4.69) is 26.1 Å². The average Bonchev–Trinajstić information content (AvgIpc) is 2.79. The van der Waals surface area contributed by atoms with E-state index in [1.54, 1.807) is 0 Å². The molecule has 1 aliphatic rings. The van der Waals surface area contributed by atoms with Crippen LogP contribution in [0.1, 0.15) is 25.2 Å². The average molecular weight is 308 g/mol. The number of benzene rings is 1. The van der Waals surface area contributed by atoms with Gasteiger partial charge in [0.25, 0.3) is 0 Å². The van der Waals surface area contributed by atoms with Crippen molar-refractivity contribution in [2.24, 2.45) is 5.73 Å². The number of aromatic nitrogens is 2. The second kappa shape index (κ2) is 4.48. The normalized spacial score (nSPS) is 17.4. The predicted molar refractivity (Wildman–Crippen MR) is 72.0 cm³/mol. The third-order valence-corrected chi connectivity index (χ3v) is 4.39. The monoisotopic (exact) mass is 307 g/mol. The first-order valence-corrected chi connectivity index (χ1v) is 6.84. The molecule has 1 saturated carbocycles. The van der Waals surface area contributed by atoms with E-state index >= 15 is 0 Å². The van der Waals surface area contributed by atoms with Crippen molar-refractivity contribution in [2.75, 3.05) is 6.54 Å². The third kappa shape index (κ3) is 1.78. The molecule has 0 radical (unpaired) electrons. The zero-order valence-corrected chi connectivity index (χ0v) is 11.5. The van der Waals surface area contributed by atoms with Crippen molar-refractivity contribution in [2.45, 2.75) is 24.7 Å². The summed E-state index contributed by atoms with van der Waals surface area (Å²) in [6, 6.07) is 7.85. The molecule has 3 rings (SSSR count). The molecule has 0 atom stereocenters. The number of hydrogen-bond acceptors (Lipinski definition) is 4. The van der Waals surface area contributed by atoms with Gasteiger partial charge in [0.15, 0.2) is 0 Å². The quantitative estimate of drug-likeness (QED) is 0.947. The smallest absolute Gasteiger partial charge is 0.234 e. The highest BCUT2D eigenvalue weighted by Crippen LogP contribution is 2.42. The summed E-state index contributed by atoms with van der Waals surface area (Å²) in [7, 11) is 0. The van der Waals surface area contributed by atoms with Crippen LogP contribution in [0.3, 0.4) is 0 Å². The van der Waals surface area contributed by atoms with Crippen LogP contribution in [0.5, 0.6) is 0 Å². The van der Waals surface area contributed by atoms with Crippen LogP contribution in [0.2, 0.25) is 0 Å². The molecule has 0 aliphatic heterocycles. The summed E-state index contributed by atoms with van der Waals surface area (Å²) in [5, 5.41) is 4.07. The van der Waals surface area contributed by atoms with Crippen LogP contribution < -0.4 is 5.73 Å². The van der Waals surface area contributed by atoms with E-state index in [0.717, 1.165) is 22.9 Å². The highest BCUT2D eigenvalue weighted by Gasteiger charge is 2.42. The maximum Gasteiger partial charge on any atom is 0.234 e. The molecule has 1 aromatic carbocycles. The Bertz CT molecular complexity index is 557. The Hall–Kier alpha value is -1.20. The van der Waals surface area contributed by atoms with Crippen LogP contribution >= 0.6 is 15.9 Å². The van der Waals surface area contributed by atoms with E-state index in [0.29, 0.717) is 18.3 Å². The Labute approximate surface area is 114 Å². The van der Waals surface area contributed by atoms with Crippen molar-refractivity contribution in [3.05, 3.63) is 34.6 Å². The van der Waals surface area contributed by atoms with Gasteiger partial charge < -0.3 is 10.3 Å². The third-order valence-electron chi connectivity index (χ3n) is 3.70. The Morgan fingerprint density at radius 2 is 2.11 bits per heavy atom. The Morgan fingerprint density at radius 1 is 1.33 bits per heavy atom. The van der Waals surface area contributed by atoms with Crippen LogP contribution in [0.4, 0.5) is 0 Å². The molecule has 0 bridgehead atoms. The van der Waals surface area contributed by atoms with Crippen molar-refractivity contribution in [3.8, 4) is 11.4 Å². The fraction of sp³-hybridized carbons (Fsp3) is 0.385. The van der Waals surface area contributed by atoms with E-state index in [1.807, 2.05) is 24.3 Å². The van der Waals surface area contributed by atoms with Gasteiger partial charge in [-0.25, -0.2) is 0 Å². The maximum absolute atomic E-state index is 5.84. The topological polar surface area (TPSA) is 64.9 Å². The highest BCUT2D eigenvalue weighted by molar-refractivity contribution is 9.10. The molecule has 5 heteroatoms. The number of hydrogen-bond donors (Lipinski definition) is 1. The van der Waals surface area contributed by atoms with Crippen LogP contribution in [0, 0.1) is 0 Å². The summed E-state index contributed by atoms with van der Waals surface area (Å²) in [4.78, 5) is 4.52. The van der Waals surface area contributed by atoms with Gasteiger partial charge >= 0.3 is 0 Å². The summed E-state index contributed by atoms with van der Waals surface area (Å²) >= 11 is 3.49. The van der Waals surface area contributed by atoms with Crippen molar-refractivity contribution >= 4 is 15.9 Å². The first-order valence-electron chi connectivity index (χ1n) is 6.04. The van der Waals surface area contributed by atoms with Crippen molar-refractivity contribution in [1.82, 2.24) is 10.1 Å². The minimum atomic E-state index is -0.0769. The summed E-state index contributed by atoms with van der Waals surface area (Å²) in [6.07, 6.45) is 3.27. The largest absolute Gasteiger partial charge is 0.338 e. The van der Waals surface area contributed by atoms with Crippen molar-refractivity contribution in [3.63, 3.8) is 0 Å². The van der Waals surface area contributed by atoms with E-state index in [1.165, 1.54) is 6.42 Å². The van der Waals surface area contributed by atoms with Gasteiger partial charge in [-0.3, -0.25) is 0 Å². The molecule has 94 valence electrons. The molecule has 18 heavy (non-hydrogen) atoms. The molecule has 1 aliphatic carbocycles. The maximum atomic E-state index is 5.84. The lowest BCUT2D eigenvalue weighted by Gasteiger charge is -2.36. The molecule has 0 amide bonds. The summed E-state index contributed by atoms with van der Waals surface area (Å²) in [6.45, 7) is 0.574. The molecule has 0 unspecified atom stereocenters. The standard InChI is InChI=1S/C13H14BrN3O/c14-10-5-2-1-4-9(10)11-16-12(18-17-11)13(8-15)6-3-7-13/h1-2,4-5H,3,6-8,15H2. The Morgan fingerprint density at radius 3 is 2.72 bits per heavy atom. The van der Waals surface area contributed by atoms with Gasteiger partial charge in [-0.2, -0.15) is 4.98 Å². The molecule has 0 saturated heterocycles. The molecule has 4 nitrogen and oxygen atoms in total. The minimum absolute atomic E-state index is 0.0769. The zero-order chi connectivity index (χ0) is 12.6. The molecule has 2 aromatic rings. The van der Waals surface area contributed by atoms with Gasteiger partial charge in [-0.1, -0.05) is 39.6 Å². The van der Waals surface area contributed by atoms with E-state index in [-0.39, 0.29) is 5.41 Å². The Kier molecular flexibility index (Phi) is 2.95. The first kappa shape index (κ1) is 11.9. The van der Waals surface area contributed by atoms with Gasteiger partial charge in [-0.05, 0) is 25.0 Å². The van der Waals surface area contributed by atoms with Gasteiger partial charge in [-0.15, -0.1) is 0 Å². The minimum Gasteiger partial charge on any atom is -0.338 e. The van der Waals surface area contributed by atoms with Gasteiger partial charge in [0, 0.05) is 16.6 Å². The Balaban J connectivity index is 1.97. The lowest BCUT2D eigenvalue weighted by molar-refractivity contribution is 0.182. The molecule has 2 N–H and O–H groups in total. The first-order chi connectivity index (χ1) is 8.75. The SMILES string of the molecule is NCC1(c2nc(-c3ccccc3Br)no2)CCC1. The second-order valence-electron chi connectivity index (χ2n) is 4.74. The molecule has 1 fully saturated rings. The summed E-state index contributed by atoms with van der Waals surface area (Å²) in [5.74, 6) is 1.30. The van der Waals surface area contributed by atoms with Gasteiger partial charge in [0.05, 0.1) is 5.41 Å². The lowest BCUT2D eigenvalue weighted by atomic mass is 9.69. The van der Waals surface area contributed by atoms with Gasteiger partial charge in [0.1, 0.15) is 0 Å². The van der Waals surface area contributed by atoms with Crippen LogP contribution in [-0.2, 0) is 5.41 Å². The highest BCUT2D eigenvalue weighted by atomic mass is 79.9. The number of rotatable bonds is 3.